The van der Waals surface area contributed by atoms with Crippen LogP contribution in [0.5, 0.6) is 0 Å². The van der Waals surface area contributed by atoms with Crippen molar-refractivity contribution in [1.82, 2.24) is 0 Å². The summed E-state index contributed by atoms with van der Waals surface area (Å²) in [4.78, 5) is 22.9. The smallest absolute Gasteiger partial charge is 0.330 e. The summed E-state index contributed by atoms with van der Waals surface area (Å²) in [5.41, 5.74) is 1.27. The Kier molecular flexibility index (Phi) is 28.6. The molecule has 0 aromatic carbocycles. The molecule has 0 aliphatic heterocycles. The molecule has 0 aliphatic rings. The van der Waals surface area contributed by atoms with Crippen LogP contribution < -0.4 is 0 Å². The van der Waals surface area contributed by atoms with Gasteiger partial charge in [-0.15, -0.1) is 0 Å². The molecule has 202 valence electrons. The molecular weight excluding hydrogens is 424 g/mol. The molecule has 0 unspecified atom stereocenters. The molecule has 0 aromatic heterocycles. The Morgan fingerprint density at radius 3 is 1.47 bits per heavy atom. The summed E-state index contributed by atoms with van der Waals surface area (Å²) in [6, 6.07) is 0. The molecular formula is C30H58O4. The highest BCUT2D eigenvalue weighted by atomic mass is 16.5. The first-order valence-corrected chi connectivity index (χ1v) is 14.5. The third kappa shape index (κ3) is 25.3. The van der Waals surface area contributed by atoms with E-state index in [0.717, 1.165) is 12.8 Å². The number of unbranched alkanes of at least 4 members (excludes halogenated alkanes) is 8. The molecule has 0 aromatic rings. The first-order valence-electron chi connectivity index (χ1n) is 14.5. The SMILES string of the molecule is CCCCCC(=CC(=O)OCC)CCCCC.CCCCCC(CCCCC)CC(=O)OCC. The lowest BCUT2D eigenvalue weighted by Crippen LogP contribution is -2.12. The summed E-state index contributed by atoms with van der Waals surface area (Å²) < 4.78 is 10.0. The first kappa shape index (κ1) is 34.8. The molecule has 0 bridgehead atoms. The number of esters is 2. The van der Waals surface area contributed by atoms with Crippen LogP contribution >= 0.6 is 0 Å². The van der Waals surface area contributed by atoms with Gasteiger partial charge in [0.25, 0.3) is 0 Å². The van der Waals surface area contributed by atoms with Gasteiger partial charge in [-0.2, -0.15) is 0 Å². The van der Waals surface area contributed by atoms with Gasteiger partial charge in [0.2, 0.25) is 0 Å². The molecule has 0 aliphatic carbocycles. The summed E-state index contributed by atoms with van der Waals surface area (Å²) in [5, 5.41) is 0. The van der Waals surface area contributed by atoms with Gasteiger partial charge in [-0.25, -0.2) is 4.79 Å². The maximum absolute atomic E-state index is 11.5. The van der Waals surface area contributed by atoms with Gasteiger partial charge in [0.1, 0.15) is 0 Å². The second kappa shape index (κ2) is 27.9. The van der Waals surface area contributed by atoms with Gasteiger partial charge in [-0.1, -0.05) is 97.5 Å². The molecule has 0 fully saturated rings. The van der Waals surface area contributed by atoms with E-state index >= 15 is 0 Å². The van der Waals surface area contributed by atoms with Crippen molar-refractivity contribution in [3.8, 4) is 0 Å². The number of rotatable bonds is 21. The Morgan fingerprint density at radius 1 is 0.618 bits per heavy atom. The highest BCUT2D eigenvalue weighted by Gasteiger charge is 2.14. The minimum Gasteiger partial charge on any atom is -0.466 e. The second-order valence-electron chi connectivity index (χ2n) is 9.34. The van der Waals surface area contributed by atoms with Crippen LogP contribution in [-0.4, -0.2) is 25.2 Å². The van der Waals surface area contributed by atoms with Crippen LogP contribution in [0, 0.1) is 5.92 Å². The Bertz CT molecular complexity index is 462. The lowest BCUT2D eigenvalue weighted by molar-refractivity contribution is -0.144. The standard InChI is InChI=1S/C15H30O2.C15H28O2/c2*1-4-7-9-11-14(12-10-8-5-2)13-15(16)17-6-3/h14H,4-13H2,1-3H3;13H,4-12H2,1-3H3. The van der Waals surface area contributed by atoms with Crippen LogP contribution in [0.15, 0.2) is 11.6 Å². The zero-order chi connectivity index (χ0) is 25.9. The fraction of sp³-hybridized carbons (Fsp3) is 0.867. The number of carbonyl (C=O) groups excluding carboxylic acids is 2. The average molecular weight is 483 g/mol. The van der Waals surface area contributed by atoms with Gasteiger partial charge < -0.3 is 9.47 Å². The minimum atomic E-state index is -0.171. The molecule has 0 saturated heterocycles. The fourth-order valence-corrected chi connectivity index (χ4v) is 3.99. The van der Waals surface area contributed by atoms with Crippen LogP contribution in [0.3, 0.4) is 0 Å². The van der Waals surface area contributed by atoms with Crippen molar-refractivity contribution in [2.24, 2.45) is 5.92 Å². The number of carbonyl (C=O) groups is 2. The van der Waals surface area contributed by atoms with E-state index in [2.05, 4.69) is 27.7 Å². The number of hydrogen-bond acceptors (Lipinski definition) is 4. The van der Waals surface area contributed by atoms with Gasteiger partial charge in [0.15, 0.2) is 0 Å². The van der Waals surface area contributed by atoms with Crippen molar-refractivity contribution < 1.29 is 19.1 Å². The number of hydrogen-bond donors (Lipinski definition) is 0. The van der Waals surface area contributed by atoms with Gasteiger partial charge in [0, 0.05) is 12.5 Å². The molecule has 0 spiro atoms. The molecule has 0 heterocycles. The van der Waals surface area contributed by atoms with Crippen molar-refractivity contribution in [2.75, 3.05) is 13.2 Å². The van der Waals surface area contributed by atoms with Crippen molar-refractivity contribution >= 4 is 11.9 Å². The lowest BCUT2D eigenvalue weighted by atomic mass is 9.92. The Balaban J connectivity index is 0. The third-order valence-electron chi connectivity index (χ3n) is 6.00. The molecule has 0 atom stereocenters. The van der Waals surface area contributed by atoms with Crippen molar-refractivity contribution in [3.63, 3.8) is 0 Å². The summed E-state index contributed by atoms with van der Waals surface area (Å²) in [6.07, 6.45) is 21.7. The highest BCUT2D eigenvalue weighted by Crippen LogP contribution is 2.21. The van der Waals surface area contributed by atoms with Gasteiger partial charge in [-0.05, 0) is 58.3 Å². The Labute approximate surface area is 212 Å². The van der Waals surface area contributed by atoms with Crippen LogP contribution in [0.25, 0.3) is 0 Å². The van der Waals surface area contributed by atoms with Crippen LogP contribution in [-0.2, 0) is 19.1 Å². The van der Waals surface area contributed by atoms with E-state index in [4.69, 9.17) is 9.47 Å². The van der Waals surface area contributed by atoms with Gasteiger partial charge >= 0.3 is 11.9 Å². The first-order chi connectivity index (χ1) is 16.5. The molecule has 0 rings (SSSR count). The predicted octanol–water partition coefficient (Wildman–Crippen LogP) is 9.35. The normalized spacial score (nSPS) is 10.4. The molecule has 0 N–H and O–H groups in total. The van der Waals surface area contributed by atoms with Crippen LogP contribution in [0.4, 0.5) is 0 Å². The lowest BCUT2D eigenvalue weighted by Gasteiger charge is -2.15. The largest absolute Gasteiger partial charge is 0.466 e. The molecule has 34 heavy (non-hydrogen) atoms. The quantitative estimate of drug-likeness (QED) is 0.0928. The molecule has 0 saturated carbocycles. The Hall–Kier alpha value is -1.32. The summed E-state index contributed by atoms with van der Waals surface area (Å²) in [5.74, 6) is 0.369. The predicted molar refractivity (Wildman–Crippen MR) is 146 cm³/mol. The monoisotopic (exact) mass is 482 g/mol. The fourth-order valence-electron chi connectivity index (χ4n) is 3.99. The number of ether oxygens (including phenoxy) is 2. The van der Waals surface area contributed by atoms with E-state index in [9.17, 15) is 9.59 Å². The van der Waals surface area contributed by atoms with Crippen molar-refractivity contribution in [3.05, 3.63) is 11.6 Å². The topological polar surface area (TPSA) is 52.6 Å². The summed E-state index contributed by atoms with van der Waals surface area (Å²) in [7, 11) is 0. The maximum Gasteiger partial charge on any atom is 0.330 e. The van der Waals surface area contributed by atoms with Crippen molar-refractivity contribution in [2.45, 2.75) is 151 Å². The van der Waals surface area contributed by atoms with Gasteiger partial charge in [0.05, 0.1) is 13.2 Å². The second-order valence-corrected chi connectivity index (χ2v) is 9.34. The zero-order valence-electron chi connectivity index (χ0n) is 23.7. The minimum absolute atomic E-state index is 0.00880. The van der Waals surface area contributed by atoms with E-state index in [1.807, 2.05) is 13.8 Å². The Morgan fingerprint density at radius 2 is 1.06 bits per heavy atom. The summed E-state index contributed by atoms with van der Waals surface area (Å²) >= 11 is 0. The van der Waals surface area contributed by atoms with E-state index in [0.29, 0.717) is 25.6 Å². The summed E-state index contributed by atoms with van der Waals surface area (Å²) in [6.45, 7) is 13.5. The highest BCUT2D eigenvalue weighted by molar-refractivity contribution is 5.82. The molecule has 0 amide bonds. The molecule has 0 radical (unpaired) electrons. The zero-order valence-corrected chi connectivity index (χ0v) is 23.7. The number of allylic oxidation sites excluding steroid dienone is 1. The van der Waals surface area contributed by atoms with Gasteiger partial charge in [-0.3, -0.25) is 4.79 Å². The van der Waals surface area contributed by atoms with Crippen LogP contribution in [0.1, 0.15) is 151 Å². The van der Waals surface area contributed by atoms with Crippen LogP contribution in [0.2, 0.25) is 0 Å². The van der Waals surface area contributed by atoms with E-state index in [1.165, 1.54) is 95.5 Å². The molecule has 4 heteroatoms. The molecule has 4 nitrogen and oxygen atoms in total. The van der Waals surface area contributed by atoms with E-state index in [1.54, 1.807) is 6.08 Å². The van der Waals surface area contributed by atoms with E-state index < -0.39 is 0 Å². The van der Waals surface area contributed by atoms with E-state index in [-0.39, 0.29) is 11.9 Å². The maximum atomic E-state index is 11.5. The third-order valence-corrected chi connectivity index (χ3v) is 6.00. The average Bonchev–Trinajstić information content (AvgIpc) is 2.80. The van der Waals surface area contributed by atoms with Crippen molar-refractivity contribution in [1.29, 1.82) is 0 Å².